The minimum Gasteiger partial charge on any atom is -0.312 e. The molecular formula is C15H21ClN4OS. The maximum atomic E-state index is 12.2. The first-order valence-electron chi connectivity index (χ1n) is 7.34. The Labute approximate surface area is 140 Å². The van der Waals surface area contributed by atoms with Gasteiger partial charge in [0, 0.05) is 37.1 Å². The molecule has 1 fully saturated rings. The molecule has 0 aliphatic carbocycles. The molecule has 0 bridgehead atoms. The number of rotatable bonds is 4. The monoisotopic (exact) mass is 340 g/mol. The fraction of sp³-hybridized carbons (Fsp3) is 0.467. The van der Waals surface area contributed by atoms with Gasteiger partial charge in [0.1, 0.15) is 0 Å². The molecule has 1 saturated heterocycles. The van der Waals surface area contributed by atoms with Crippen molar-refractivity contribution in [3.05, 3.63) is 24.3 Å². The Hall–Kier alpha value is -1.24. The summed E-state index contributed by atoms with van der Waals surface area (Å²) in [6.45, 7) is 3.83. The van der Waals surface area contributed by atoms with Crippen molar-refractivity contribution in [3.63, 3.8) is 0 Å². The second kappa shape index (κ2) is 7.85. The van der Waals surface area contributed by atoms with Crippen LogP contribution in [0.4, 0.5) is 5.95 Å². The molecule has 1 aliphatic heterocycles. The van der Waals surface area contributed by atoms with E-state index >= 15 is 0 Å². The third-order valence-corrected chi connectivity index (χ3v) is 4.78. The van der Waals surface area contributed by atoms with Gasteiger partial charge in [-0.2, -0.15) is 11.8 Å². The Bertz CT molecular complexity index is 640. The molecule has 1 aliphatic rings. The molecule has 3 rings (SSSR count). The predicted octanol–water partition coefficient (Wildman–Crippen LogP) is 2.51. The first-order chi connectivity index (χ1) is 10.3. The largest absolute Gasteiger partial charge is 0.312 e. The van der Waals surface area contributed by atoms with Gasteiger partial charge in [0.25, 0.3) is 0 Å². The van der Waals surface area contributed by atoms with Gasteiger partial charge in [0.15, 0.2) is 0 Å². The zero-order valence-electron chi connectivity index (χ0n) is 12.5. The Morgan fingerprint density at radius 3 is 3.05 bits per heavy atom. The molecule has 120 valence electrons. The van der Waals surface area contributed by atoms with E-state index in [1.807, 2.05) is 40.6 Å². The van der Waals surface area contributed by atoms with Crippen LogP contribution in [-0.4, -0.2) is 39.6 Å². The van der Waals surface area contributed by atoms with Crippen LogP contribution in [0.2, 0.25) is 0 Å². The second-order valence-electron chi connectivity index (χ2n) is 5.15. The number of imidazole rings is 1. The summed E-state index contributed by atoms with van der Waals surface area (Å²) < 4.78 is 2.04. The lowest BCUT2D eigenvalue weighted by atomic mass is 10.2. The molecule has 5 nitrogen and oxygen atoms in total. The molecule has 1 aromatic carbocycles. The molecule has 7 heteroatoms. The smallest absolute Gasteiger partial charge is 0.228 e. The van der Waals surface area contributed by atoms with Gasteiger partial charge in [-0.05, 0) is 19.1 Å². The van der Waals surface area contributed by atoms with Gasteiger partial charge in [-0.1, -0.05) is 12.1 Å². The Morgan fingerprint density at radius 1 is 1.50 bits per heavy atom. The van der Waals surface area contributed by atoms with Gasteiger partial charge in [0.2, 0.25) is 11.9 Å². The maximum Gasteiger partial charge on any atom is 0.228 e. The summed E-state index contributed by atoms with van der Waals surface area (Å²) in [4.78, 5) is 16.7. The standard InChI is InChI=1S/C15H20N4OS.ClH/c1-2-19-13-6-4-3-5-12(13)17-15(19)18-14(20)9-11-10-21-8-7-16-11;/h3-6,11,16H,2,7-10H2,1H3,(H,17,18,20);1H. The number of aromatic nitrogens is 2. The highest BCUT2D eigenvalue weighted by Crippen LogP contribution is 2.19. The number of benzene rings is 1. The lowest BCUT2D eigenvalue weighted by Crippen LogP contribution is -2.40. The SMILES string of the molecule is CCn1c(NC(=O)CC2CSCCN2)nc2ccccc21.Cl. The number of anilines is 1. The lowest BCUT2D eigenvalue weighted by Gasteiger charge is -2.22. The summed E-state index contributed by atoms with van der Waals surface area (Å²) in [6.07, 6.45) is 0.500. The van der Waals surface area contributed by atoms with Gasteiger partial charge in [-0.3, -0.25) is 10.1 Å². The van der Waals surface area contributed by atoms with Gasteiger partial charge in [-0.15, -0.1) is 12.4 Å². The van der Waals surface area contributed by atoms with Crippen LogP contribution >= 0.6 is 24.2 Å². The van der Waals surface area contributed by atoms with Crippen molar-refractivity contribution >= 4 is 47.1 Å². The average Bonchev–Trinajstić information content (AvgIpc) is 2.85. The number of nitrogens with one attached hydrogen (secondary N) is 2. The van der Waals surface area contributed by atoms with E-state index in [9.17, 15) is 4.79 Å². The predicted molar refractivity (Wildman–Crippen MR) is 95.0 cm³/mol. The average molecular weight is 341 g/mol. The molecule has 1 aromatic heterocycles. The number of fused-ring (bicyclic) bond motifs is 1. The topological polar surface area (TPSA) is 59.0 Å². The van der Waals surface area contributed by atoms with Crippen LogP contribution in [0.3, 0.4) is 0 Å². The molecule has 0 spiro atoms. The maximum absolute atomic E-state index is 12.2. The summed E-state index contributed by atoms with van der Waals surface area (Å²) in [5, 5.41) is 6.34. The van der Waals surface area contributed by atoms with Crippen LogP contribution in [0.15, 0.2) is 24.3 Å². The van der Waals surface area contributed by atoms with Crippen LogP contribution in [0.1, 0.15) is 13.3 Å². The van der Waals surface area contributed by atoms with Gasteiger partial charge in [-0.25, -0.2) is 4.98 Å². The number of thioether (sulfide) groups is 1. The van der Waals surface area contributed by atoms with Crippen molar-refractivity contribution in [2.45, 2.75) is 25.9 Å². The number of nitrogens with zero attached hydrogens (tertiary/aromatic N) is 2. The van der Waals surface area contributed by atoms with Crippen LogP contribution in [0.5, 0.6) is 0 Å². The fourth-order valence-electron chi connectivity index (χ4n) is 2.64. The summed E-state index contributed by atoms with van der Waals surface area (Å²) in [5.41, 5.74) is 1.97. The molecule has 22 heavy (non-hydrogen) atoms. The van der Waals surface area contributed by atoms with E-state index < -0.39 is 0 Å². The van der Waals surface area contributed by atoms with E-state index in [0.29, 0.717) is 12.4 Å². The van der Waals surface area contributed by atoms with Gasteiger partial charge >= 0.3 is 0 Å². The Balaban J connectivity index is 0.00000176. The van der Waals surface area contributed by atoms with E-state index in [1.54, 1.807) is 0 Å². The highest BCUT2D eigenvalue weighted by Gasteiger charge is 2.18. The van der Waals surface area contributed by atoms with E-state index in [1.165, 1.54) is 0 Å². The molecule has 1 unspecified atom stereocenters. The van der Waals surface area contributed by atoms with Gasteiger partial charge in [0.05, 0.1) is 11.0 Å². The molecule has 1 atom stereocenters. The number of para-hydroxylation sites is 2. The third kappa shape index (κ3) is 3.74. The summed E-state index contributed by atoms with van der Waals surface area (Å²) in [6, 6.07) is 8.22. The van der Waals surface area contributed by atoms with E-state index in [0.717, 1.165) is 35.6 Å². The van der Waals surface area contributed by atoms with E-state index in [2.05, 4.69) is 22.5 Å². The molecule has 2 aromatic rings. The molecule has 1 amide bonds. The van der Waals surface area contributed by atoms with Crippen molar-refractivity contribution in [2.24, 2.45) is 0 Å². The van der Waals surface area contributed by atoms with Crippen molar-refractivity contribution in [3.8, 4) is 0 Å². The third-order valence-electron chi connectivity index (χ3n) is 3.65. The zero-order valence-corrected chi connectivity index (χ0v) is 14.2. The highest BCUT2D eigenvalue weighted by molar-refractivity contribution is 7.99. The molecule has 0 saturated carbocycles. The number of carbonyl (C=O) groups is 1. The van der Waals surface area contributed by atoms with Crippen molar-refractivity contribution in [1.29, 1.82) is 0 Å². The highest BCUT2D eigenvalue weighted by atomic mass is 35.5. The van der Waals surface area contributed by atoms with Crippen molar-refractivity contribution < 1.29 is 4.79 Å². The Kier molecular flexibility index (Phi) is 6.11. The first-order valence-corrected chi connectivity index (χ1v) is 8.49. The fourth-order valence-corrected chi connectivity index (χ4v) is 3.59. The van der Waals surface area contributed by atoms with Crippen LogP contribution in [0, 0.1) is 0 Å². The van der Waals surface area contributed by atoms with Gasteiger partial charge < -0.3 is 9.88 Å². The molecule has 2 N–H and O–H groups in total. The minimum absolute atomic E-state index is 0. The quantitative estimate of drug-likeness (QED) is 0.898. The number of hydrogen-bond donors (Lipinski definition) is 2. The molecular weight excluding hydrogens is 320 g/mol. The lowest BCUT2D eigenvalue weighted by molar-refractivity contribution is -0.116. The normalized spacial score (nSPS) is 18.0. The Morgan fingerprint density at radius 2 is 2.32 bits per heavy atom. The number of carbonyl (C=O) groups excluding carboxylic acids is 1. The van der Waals surface area contributed by atoms with Crippen LogP contribution in [0.25, 0.3) is 11.0 Å². The molecule has 0 radical (unpaired) electrons. The van der Waals surface area contributed by atoms with Crippen LogP contribution in [-0.2, 0) is 11.3 Å². The summed E-state index contributed by atoms with van der Waals surface area (Å²) in [5.74, 6) is 2.80. The van der Waals surface area contributed by atoms with E-state index in [-0.39, 0.29) is 24.4 Å². The second-order valence-corrected chi connectivity index (χ2v) is 6.30. The van der Waals surface area contributed by atoms with E-state index in [4.69, 9.17) is 0 Å². The summed E-state index contributed by atoms with van der Waals surface area (Å²) in [7, 11) is 0. The number of aryl methyl sites for hydroxylation is 1. The van der Waals surface area contributed by atoms with Crippen LogP contribution < -0.4 is 10.6 Å². The summed E-state index contributed by atoms with van der Waals surface area (Å²) >= 11 is 1.90. The number of amides is 1. The molecule has 2 heterocycles. The van der Waals surface area contributed by atoms with Crippen molar-refractivity contribution in [1.82, 2.24) is 14.9 Å². The minimum atomic E-state index is 0. The van der Waals surface area contributed by atoms with Crippen molar-refractivity contribution in [2.75, 3.05) is 23.4 Å². The zero-order chi connectivity index (χ0) is 14.7. The number of halogens is 1. The first kappa shape index (κ1) is 17.1. The number of hydrogen-bond acceptors (Lipinski definition) is 4.